The topological polar surface area (TPSA) is 94.5 Å². The third-order valence-electron chi connectivity index (χ3n) is 3.36. The number of rotatable bonds is 4. The Balaban J connectivity index is 1.76. The monoisotopic (exact) mass is 308 g/mol. The zero-order valence-electron chi connectivity index (χ0n) is 11.6. The van der Waals surface area contributed by atoms with Crippen LogP contribution in [0.3, 0.4) is 0 Å². The van der Waals surface area contributed by atoms with Gasteiger partial charge in [0, 0.05) is 23.3 Å². The highest BCUT2D eigenvalue weighted by Crippen LogP contribution is 2.26. The molecule has 0 saturated carbocycles. The Bertz CT molecular complexity index is 639. The van der Waals surface area contributed by atoms with E-state index >= 15 is 0 Å². The Labute approximate surface area is 125 Å². The molecule has 3 rings (SSSR count). The molecule has 0 spiro atoms. The van der Waals surface area contributed by atoms with Crippen LogP contribution in [0.2, 0.25) is 0 Å². The molecular formula is C13H16N4O3S. The minimum atomic E-state index is -0.399. The summed E-state index contributed by atoms with van der Waals surface area (Å²) in [5.74, 6) is 0.782. The van der Waals surface area contributed by atoms with Gasteiger partial charge in [-0.2, -0.15) is 4.98 Å². The van der Waals surface area contributed by atoms with Crippen molar-refractivity contribution < 1.29 is 14.1 Å². The third kappa shape index (κ3) is 3.12. The van der Waals surface area contributed by atoms with Crippen molar-refractivity contribution in [2.24, 2.45) is 5.73 Å². The third-order valence-corrected chi connectivity index (χ3v) is 4.29. The summed E-state index contributed by atoms with van der Waals surface area (Å²) in [4.78, 5) is 18.7. The zero-order valence-corrected chi connectivity index (χ0v) is 12.4. The zero-order chi connectivity index (χ0) is 14.8. The molecular weight excluding hydrogens is 292 g/mol. The number of nitrogens with zero attached hydrogens (tertiary/aromatic N) is 3. The van der Waals surface area contributed by atoms with Gasteiger partial charge in [-0.05, 0) is 13.0 Å². The Hall–Kier alpha value is -1.77. The van der Waals surface area contributed by atoms with Gasteiger partial charge in [0.1, 0.15) is 6.04 Å². The number of hydrogen-bond acceptors (Lipinski definition) is 7. The molecule has 1 amide bonds. The molecule has 0 aliphatic carbocycles. The van der Waals surface area contributed by atoms with Crippen LogP contribution in [0.25, 0.3) is 0 Å². The molecule has 1 aliphatic heterocycles. The maximum absolute atomic E-state index is 11.2. The molecule has 0 aromatic carbocycles. The van der Waals surface area contributed by atoms with Crippen LogP contribution < -0.4 is 5.73 Å². The van der Waals surface area contributed by atoms with E-state index in [4.69, 9.17) is 15.0 Å². The van der Waals surface area contributed by atoms with Crippen LogP contribution in [0, 0.1) is 6.92 Å². The lowest BCUT2D eigenvalue weighted by Crippen LogP contribution is -2.39. The average Bonchev–Trinajstić information content (AvgIpc) is 3.09. The largest absolute Gasteiger partial charge is 0.378 e. The van der Waals surface area contributed by atoms with Gasteiger partial charge in [0.2, 0.25) is 11.8 Å². The number of ether oxygens (including phenoxy) is 1. The van der Waals surface area contributed by atoms with E-state index in [0.717, 1.165) is 11.4 Å². The van der Waals surface area contributed by atoms with Crippen molar-refractivity contribution in [1.29, 1.82) is 0 Å². The van der Waals surface area contributed by atoms with Gasteiger partial charge in [0.05, 0.1) is 18.8 Å². The molecule has 1 fully saturated rings. The molecule has 1 aliphatic rings. The fraction of sp³-hybridized carbons (Fsp3) is 0.462. The van der Waals surface area contributed by atoms with Crippen LogP contribution in [0.4, 0.5) is 0 Å². The van der Waals surface area contributed by atoms with Gasteiger partial charge in [0.15, 0.2) is 5.82 Å². The first kappa shape index (κ1) is 14.2. The second-order valence-corrected chi connectivity index (χ2v) is 5.90. The second kappa shape index (κ2) is 5.92. The molecule has 7 nitrogen and oxygen atoms in total. The maximum atomic E-state index is 11.2. The number of morpholine rings is 1. The Morgan fingerprint density at radius 3 is 3.14 bits per heavy atom. The van der Waals surface area contributed by atoms with Gasteiger partial charge in [-0.3, -0.25) is 9.69 Å². The predicted octanol–water partition coefficient (Wildman–Crippen LogP) is 1.11. The molecule has 0 bridgehead atoms. The Morgan fingerprint density at radius 2 is 2.48 bits per heavy atom. The normalized spacial score (nSPS) is 19.8. The van der Waals surface area contributed by atoms with Crippen LogP contribution in [-0.4, -0.2) is 40.7 Å². The van der Waals surface area contributed by atoms with Crippen molar-refractivity contribution in [1.82, 2.24) is 15.0 Å². The second-order valence-electron chi connectivity index (χ2n) is 4.91. The van der Waals surface area contributed by atoms with Gasteiger partial charge >= 0.3 is 0 Å². The van der Waals surface area contributed by atoms with Crippen LogP contribution >= 0.6 is 11.3 Å². The lowest BCUT2D eigenvalue weighted by atomic mass is 10.2. The van der Waals surface area contributed by atoms with Crippen molar-refractivity contribution >= 4 is 17.2 Å². The lowest BCUT2D eigenvalue weighted by Gasteiger charge is -2.32. The molecule has 2 N–H and O–H groups in total. The summed E-state index contributed by atoms with van der Waals surface area (Å²) in [5.41, 5.74) is 5.83. The van der Waals surface area contributed by atoms with Crippen molar-refractivity contribution in [3.63, 3.8) is 0 Å². The van der Waals surface area contributed by atoms with Crippen molar-refractivity contribution in [3.05, 3.63) is 33.6 Å². The summed E-state index contributed by atoms with van der Waals surface area (Å²) in [6.45, 7) is 4.45. The van der Waals surface area contributed by atoms with Crippen LogP contribution in [0.1, 0.15) is 33.0 Å². The first-order valence-corrected chi connectivity index (χ1v) is 7.50. The first-order valence-electron chi connectivity index (χ1n) is 6.62. The number of thiophene rings is 1. The number of primary amides is 1. The SMILES string of the molecule is Cc1noc(C2COCCN2Cc2cc(C(N)=O)cs2)n1. The fourth-order valence-corrected chi connectivity index (χ4v) is 3.19. The Kier molecular flexibility index (Phi) is 4.00. The quantitative estimate of drug-likeness (QED) is 0.909. The van der Waals surface area contributed by atoms with E-state index in [0.29, 0.717) is 37.0 Å². The lowest BCUT2D eigenvalue weighted by molar-refractivity contribution is -0.0236. The van der Waals surface area contributed by atoms with Gasteiger partial charge in [-0.1, -0.05) is 5.16 Å². The van der Waals surface area contributed by atoms with E-state index in [1.807, 2.05) is 6.07 Å². The minimum Gasteiger partial charge on any atom is -0.378 e. The molecule has 21 heavy (non-hydrogen) atoms. The van der Waals surface area contributed by atoms with E-state index in [2.05, 4.69) is 15.0 Å². The van der Waals surface area contributed by atoms with E-state index in [1.165, 1.54) is 11.3 Å². The molecule has 112 valence electrons. The van der Waals surface area contributed by atoms with E-state index in [9.17, 15) is 4.79 Å². The summed E-state index contributed by atoms with van der Waals surface area (Å²) >= 11 is 1.52. The van der Waals surface area contributed by atoms with Crippen molar-refractivity contribution in [2.45, 2.75) is 19.5 Å². The van der Waals surface area contributed by atoms with E-state index in [1.54, 1.807) is 12.3 Å². The average molecular weight is 308 g/mol. The number of amides is 1. The van der Waals surface area contributed by atoms with Gasteiger partial charge in [-0.25, -0.2) is 0 Å². The molecule has 0 radical (unpaired) electrons. The van der Waals surface area contributed by atoms with Gasteiger partial charge < -0.3 is 15.0 Å². The molecule has 2 aromatic heterocycles. The standard InChI is InChI=1S/C13H16N4O3S/c1-8-15-13(20-16-8)11-6-19-3-2-17(11)5-10-4-9(7-21-10)12(14)18/h4,7,11H,2-3,5-6H2,1H3,(H2,14,18). The first-order chi connectivity index (χ1) is 10.1. The molecule has 8 heteroatoms. The van der Waals surface area contributed by atoms with Crippen LogP contribution in [0.15, 0.2) is 16.0 Å². The van der Waals surface area contributed by atoms with E-state index in [-0.39, 0.29) is 6.04 Å². The number of carbonyl (C=O) groups excluding carboxylic acids is 1. The summed E-state index contributed by atoms with van der Waals surface area (Å²) < 4.78 is 10.8. The van der Waals surface area contributed by atoms with Crippen molar-refractivity contribution in [2.75, 3.05) is 19.8 Å². The highest BCUT2D eigenvalue weighted by Gasteiger charge is 2.29. The Morgan fingerprint density at radius 1 is 1.62 bits per heavy atom. The maximum Gasteiger partial charge on any atom is 0.249 e. The number of nitrogens with two attached hydrogens (primary N) is 1. The molecule has 3 heterocycles. The van der Waals surface area contributed by atoms with Crippen molar-refractivity contribution in [3.8, 4) is 0 Å². The van der Waals surface area contributed by atoms with Gasteiger partial charge in [0.25, 0.3) is 0 Å². The van der Waals surface area contributed by atoms with Crippen LogP contribution in [-0.2, 0) is 11.3 Å². The minimum absolute atomic E-state index is 0.0564. The molecule has 1 saturated heterocycles. The predicted molar refractivity (Wildman–Crippen MR) is 75.8 cm³/mol. The number of carbonyl (C=O) groups is 1. The summed E-state index contributed by atoms with van der Waals surface area (Å²) in [6, 6.07) is 1.78. The van der Waals surface area contributed by atoms with Crippen LogP contribution in [0.5, 0.6) is 0 Å². The number of hydrogen-bond donors (Lipinski definition) is 1. The molecule has 1 atom stereocenters. The smallest absolute Gasteiger partial charge is 0.249 e. The number of aryl methyl sites for hydroxylation is 1. The molecule has 1 unspecified atom stereocenters. The summed E-state index contributed by atoms with van der Waals surface area (Å²) in [5, 5.41) is 5.62. The van der Waals surface area contributed by atoms with Gasteiger partial charge in [-0.15, -0.1) is 11.3 Å². The van der Waals surface area contributed by atoms with E-state index < -0.39 is 5.91 Å². The highest BCUT2D eigenvalue weighted by atomic mass is 32.1. The number of aromatic nitrogens is 2. The fourth-order valence-electron chi connectivity index (χ4n) is 2.30. The summed E-state index contributed by atoms with van der Waals surface area (Å²) in [6.07, 6.45) is 0. The highest BCUT2D eigenvalue weighted by molar-refractivity contribution is 7.10. The summed E-state index contributed by atoms with van der Waals surface area (Å²) in [7, 11) is 0. The molecule has 2 aromatic rings.